The second-order valence-electron chi connectivity index (χ2n) is 7.92. The zero-order valence-corrected chi connectivity index (χ0v) is 18.9. The molecule has 0 bridgehead atoms. The van der Waals surface area contributed by atoms with E-state index >= 15 is 0 Å². The van der Waals surface area contributed by atoms with Gasteiger partial charge in [0.1, 0.15) is 0 Å². The Morgan fingerprint density at radius 2 is 1.64 bits per heavy atom. The second-order valence-corrected chi connectivity index (χ2v) is 7.92. The summed E-state index contributed by atoms with van der Waals surface area (Å²) in [6.07, 6.45) is 0.870. The molecule has 0 aromatic heterocycles. The Labute approximate surface area is 194 Å². The van der Waals surface area contributed by atoms with Gasteiger partial charge in [-0.15, -0.1) is 0 Å². The highest BCUT2D eigenvalue weighted by Crippen LogP contribution is 2.37. The Kier molecular flexibility index (Phi) is 6.86. The second kappa shape index (κ2) is 10.1. The average molecular weight is 441 g/mol. The summed E-state index contributed by atoms with van der Waals surface area (Å²) in [7, 11) is 1.90. The van der Waals surface area contributed by atoms with Crippen LogP contribution in [0, 0.1) is 0 Å². The van der Waals surface area contributed by atoms with Gasteiger partial charge in [0.25, 0.3) is 5.91 Å². The van der Waals surface area contributed by atoms with Gasteiger partial charge in [-0.3, -0.25) is 9.59 Å². The molecule has 0 unspecified atom stereocenters. The maximum Gasteiger partial charge on any atom is 0.258 e. The SMILES string of the molecule is CNCCCN(C(C)=O)c1ccc(N/C(=C2\C(=O)Nc3ccccc32)c2ccccc2)cc1. The Morgan fingerprint density at radius 3 is 2.33 bits per heavy atom. The van der Waals surface area contributed by atoms with Crippen molar-refractivity contribution >= 4 is 40.1 Å². The third kappa shape index (κ3) is 4.96. The number of carbonyl (C=O) groups is 2. The quantitative estimate of drug-likeness (QED) is 0.354. The van der Waals surface area contributed by atoms with Gasteiger partial charge in [-0.1, -0.05) is 48.5 Å². The maximum absolute atomic E-state index is 12.9. The van der Waals surface area contributed by atoms with Crippen molar-refractivity contribution in [3.63, 3.8) is 0 Å². The number of carbonyl (C=O) groups excluding carboxylic acids is 2. The van der Waals surface area contributed by atoms with Crippen LogP contribution in [0.15, 0.2) is 78.9 Å². The molecule has 3 N–H and O–H groups in total. The Balaban J connectivity index is 1.67. The lowest BCUT2D eigenvalue weighted by atomic mass is 10.00. The summed E-state index contributed by atoms with van der Waals surface area (Å²) in [6, 6.07) is 25.3. The summed E-state index contributed by atoms with van der Waals surface area (Å²) in [6.45, 7) is 3.08. The predicted octanol–water partition coefficient (Wildman–Crippen LogP) is 4.58. The smallest absolute Gasteiger partial charge is 0.258 e. The molecular weight excluding hydrogens is 412 g/mol. The Bertz CT molecular complexity index is 1170. The van der Waals surface area contributed by atoms with Gasteiger partial charge >= 0.3 is 0 Å². The van der Waals surface area contributed by atoms with Gasteiger partial charge in [-0.25, -0.2) is 0 Å². The third-order valence-corrected chi connectivity index (χ3v) is 5.62. The number of hydrogen-bond acceptors (Lipinski definition) is 4. The molecule has 1 aliphatic heterocycles. The van der Waals surface area contributed by atoms with Crippen LogP contribution in [-0.4, -0.2) is 32.0 Å². The number of hydrogen-bond donors (Lipinski definition) is 3. The van der Waals surface area contributed by atoms with E-state index in [2.05, 4.69) is 16.0 Å². The van der Waals surface area contributed by atoms with Crippen LogP contribution >= 0.6 is 0 Å². The van der Waals surface area contributed by atoms with Crippen LogP contribution in [-0.2, 0) is 9.59 Å². The first-order valence-corrected chi connectivity index (χ1v) is 11.1. The van der Waals surface area contributed by atoms with Crippen LogP contribution in [0.2, 0.25) is 0 Å². The van der Waals surface area contributed by atoms with E-state index in [1.54, 1.807) is 11.8 Å². The molecule has 2 amide bonds. The van der Waals surface area contributed by atoms with Crippen LogP contribution in [0.5, 0.6) is 0 Å². The van der Waals surface area contributed by atoms with E-state index in [1.807, 2.05) is 85.9 Å². The van der Waals surface area contributed by atoms with Gasteiger partial charge in [0.05, 0.1) is 11.3 Å². The number of fused-ring (bicyclic) bond motifs is 1. The maximum atomic E-state index is 12.9. The molecule has 6 nitrogen and oxygen atoms in total. The van der Waals surface area contributed by atoms with Crippen molar-refractivity contribution in [1.29, 1.82) is 0 Å². The van der Waals surface area contributed by atoms with E-state index < -0.39 is 0 Å². The van der Waals surface area contributed by atoms with Gasteiger partial charge in [-0.2, -0.15) is 0 Å². The first-order chi connectivity index (χ1) is 16.1. The topological polar surface area (TPSA) is 73.5 Å². The van der Waals surface area contributed by atoms with E-state index in [0.717, 1.165) is 46.9 Å². The highest BCUT2D eigenvalue weighted by atomic mass is 16.2. The van der Waals surface area contributed by atoms with Crippen molar-refractivity contribution in [2.45, 2.75) is 13.3 Å². The summed E-state index contributed by atoms with van der Waals surface area (Å²) >= 11 is 0. The molecule has 6 heteroatoms. The molecule has 0 spiro atoms. The number of rotatable bonds is 8. The molecule has 4 rings (SSSR count). The van der Waals surface area contributed by atoms with Gasteiger partial charge in [0.15, 0.2) is 0 Å². The molecule has 0 fully saturated rings. The van der Waals surface area contributed by atoms with Crippen molar-refractivity contribution < 1.29 is 9.59 Å². The standard InChI is InChI=1S/C27H28N4O2/c1-19(32)31(18-8-17-28-2)22-15-13-21(14-16-22)29-26(20-9-4-3-5-10-20)25-23-11-6-7-12-24(23)30-27(25)33/h3-7,9-16,28-29H,8,17-18H2,1-2H3,(H,30,33)/b26-25-. The van der Waals surface area contributed by atoms with E-state index in [0.29, 0.717) is 12.1 Å². The highest BCUT2D eigenvalue weighted by molar-refractivity contribution is 6.37. The first-order valence-electron chi connectivity index (χ1n) is 11.1. The zero-order chi connectivity index (χ0) is 23.2. The summed E-state index contributed by atoms with van der Waals surface area (Å²) in [5.41, 5.74) is 5.63. The first kappa shape index (κ1) is 22.3. The van der Waals surface area contributed by atoms with Crippen LogP contribution in [0.4, 0.5) is 17.1 Å². The van der Waals surface area contributed by atoms with Gasteiger partial charge in [0.2, 0.25) is 5.91 Å². The lowest BCUT2D eigenvalue weighted by molar-refractivity contribution is -0.116. The van der Waals surface area contributed by atoms with Gasteiger partial charge < -0.3 is 20.9 Å². The van der Waals surface area contributed by atoms with Gasteiger partial charge in [-0.05, 0) is 55.9 Å². The van der Waals surface area contributed by atoms with E-state index in [1.165, 1.54) is 0 Å². The minimum absolute atomic E-state index is 0.0122. The molecule has 168 valence electrons. The number of anilines is 3. The molecule has 33 heavy (non-hydrogen) atoms. The minimum Gasteiger partial charge on any atom is -0.354 e. The summed E-state index contributed by atoms with van der Waals surface area (Å²) in [4.78, 5) is 26.8. The molecule has 0 radical (unpaired) electrons. The molecule has 1 aliphatic rings. The van der Waals surface area contributed by atoms with Crippen LogP contribution < -0.4 is 20.9 Å². The molecule has 3 aromatic rings. The molecular formula is C27H28N4O2. The fourth-order valence-electron chi connectivity index (χ4n) is 4.00. The van der Waals surface area contributed by atoms with Crippen molar-refractivity contribution in [2.75, 3.05) is 35.7 Å². The van der Waals surface area contributed by atoms with Crippen LogP contribution in [0.1, 0.15) is 24.5 Å². The van der Waals surface area contributed by atoms with Crippen LogP contribution in [0.25, 0.3) is 11.3 Å². The summed E-state index contributed by atoms with van der Waals surface area (Å²) in [5, 5.41) is 9.53. The number of nitrogens with zero attached hydrogens (tertiary/aromatic N) is 1. The molecule has 0 atom stereocenters. The van der Waals surface area contributed by atoms with Crippen LogP contribution in [0.3, 0.4) is 0 Å². The van der Waals surface area contributed by atoms with Crippen molar-refractivity contribution in [3.05, 3.63) is 90.0 Å². The molecule has 0 saturated heterocycles. The fraction of sp³-hybridized carbons (Fsp3) is 0.185. The number of nitrogens with one attached hydrogen (secondary N) is 3. The molecule has 3 aromatic carbocycles. The third-order valence-electron chi connectivity index (χ3n) is 5.62. The number of para-hydroxylation sites is 1. The monoisotopic (exact) mass is 440 g/mol. The van der Waals surface area contributed by atoms with E-state index in [9.17, 15) is 9.59 Å². The number of amides is 2. The fourth-order valence-corrected chi connectivity index (χ4v) is 4.00. The van der Waals surface area contributed by atoms with Crippen molar-refractivity contribution in [2.24, 2.45) is 0 Å². The zero-order valence-electron chi connectivity index (χ0n) is 18.9. The van der Waals surface area contributed by atoms with Crippen molar-refractivity contribution in [1.82, 2.24) is 5.32 Å². The largest absolute Gasteiger partial charge is 0.354 e. The highest BCUT2D eigenvalue weighted by Gasteiger charge is 2.28. The summed E-state index contributed by atoms with van der Waals surface area (Å²) < 4.78 is 0. The van der Waals surface area contributed by atoms with E-state index in [-0.39, 0.29) is 11.8 Å². The Hall–Kier alpha value is -3.90. The molecule has 0 saturated carbocycles. The lowest BCUT2D eigenvalue weighted by Crippen LogP contribution is -2.31. The predicted molar refractivity (Wildman–Crippen MR) is 135 cm³/mol. The summed E-state index contributed by atoms with van der Waals surface area (Å²) in [5.74, 6) is -0.121. The number of benzene rings is 3. The normalized spacial score (nSPS) is 13.8. The average Bonchev–Trinajstić information content (AvgIpc) is 3.17. The molecule has 1 heterocycles. The minimum atomic E-state index is -0.133. The van der Waals surface area contributed by atoms with E-state index in [4.69, 9.17) is 0 Å². The molecule has 0 aliphatic carbocycles. The Morgan fingerprint density at radius 1 is 0.939 bits per heavy atom. The lowest BCUT2D eigenvalue weighted by Gasteiger charge is -2.22. The van der Waals surface area contributed by atoms with Crippen molar-refractivity contribution in [3.8, 4) is 0 Å². The van der Waals surface area contributed by atoms with Gasteiger partial charge in [0, 0.05) is 36.1 Å².